The fourth-order valence-electron chi connectivity index (χ4n) is 2.45. The highest BCUT2D eigenvalue weighted by atomic mass is 32.2. The van der Waals surface area contributed by atoms with Gasteiger partial charge in [0.15, 0.2) is 17.3 Å². The molecule has 0 spiro atoms. The third-order valence-electron chi connectivity index (χ3n) is 3.69. The normalized spacial score (nSPS) is 12.8. The van der Waals surface area contributed by atoms with Crippen molar-refractivity contribution in [1.82, 2.24) is 5.16 Å². The minimum atomic E-state index is -3.74. The molecule has 0 saturated heterocycles. The Morgan fingerprint density at radius 1 is 0.962 bits per heavy atom. The van der Waals surface area contributed by atoms with Crippen LogP contribution in [0.4, 0.5) is 17.2 Å². The first-order valence-corrected chi connectivity index (χ1v) is 9.21. The molecule has 2 heterocycles. The van der Waals surface area contributed by atoms with Crippen molar-refractivity contribution < 1.29 is 22.4 Å². The van der Waals surface area contributed by atoms with Gasteiger partial charge in [0.25, 0.3) is 10.0 Å². The molecule has 0 aliphatic carbocycles. The third-order valence-corrected chi connectivity index (χ3v) is 5.07. The number of hydrogen-bond donors (Lipinski definition) is 2. The van der Waals surface area contributed by atoms with Crippen LogP contribution in [0.15, 0.2) is 57.9 Å². The quantitative estimate of drug-likeness (QED) is 0.707. The van der Waals surface area contributed by atoms with E-state index in [9.17, 15) is 8.42 Å². The number of ether oxygens (including phenoxy) is 2. The van der Waals surface area contributed by atoms with Gasteiger partial charge in [-0.05, 0) is 43.3 Å². The summed E-state index contributed by atoms with van der Waals surface area (Å²) < 4.78 is 43.0. The highest BCUT2D eigenvalue weighted by Gasteiger charge is 2.20. The average Bonchev–Trinajstić information content (AvgIpc) is 3.24. The summed E-state index contributed by atoms with van der Waals surface area (Å²) in [5, 5.41) is 6.90. The van der Waals surface area contributed by atoms with E-state index in [4.69, 9.17) is 14.0 Å². The van der Waals surface area contributed by atoms with E-state index in [1.54, 1.807) is 43.3 Å². The zero-order chi connectivity index (χ0) is 18.1. The Bertz CT molecular complexity index is 1040. The highest BCUT2D eigenvalue weighted by molar-refractivity contribution is 7.92. The largest absolute Gasteiger partial charge is 0.454 e. The molecule has 0 fully saturated rings. The number of hydrogen-bond acceptors (Lipinski definition) is 7. The predicted octanol–water partition coefficient (Wildman–Crippen LogP) is 3.26. The molecule has 0 saturated carbocycles. The summed E-state index contributed by atoms with van der Waals surface area (Å²) in [7, 11) is -3.74. The molecule has 1 aromatic heterocycles. The molecular weight excluding hydrogens is 358 g/mol. The average molecular weight is 373 g/mol. The zero-order valence-electron chi connectivity index (χ0n) is 13.7. The lowest BCUT2D eigenvalue weighted by atomic mass is 10.3. The van der Waals surface area contributed by atoms with Crippen LogP contribution in [0, 0.1) is 6.92 Å². The van der Waals surface area contributed by atoms with Crippen LogP contribution < -0.4 is 19.5 Å². The SMILES string of the molecule is Cc1cc(Nc2ccc(NS(=O)(=O)c3ccc4c(c3)OCO4)cc2)no1. The van der Waals surface area contributed by atoms with Gasteiger partial charge < -0.3 is 19.3 Å². The number of rotatable bonds is 5. The number of aryl methyl sites for hydroxylation is 1. The van der Waals surface area contributed by atoms with E-state index in [0.29, 0.717) is 28.8 Å². The van der Waals surface area contributed by atoms with Gasteiger partial charge in [-0.2, -0.15) is 0 Å². The van der Waals surface area contributed by atoms with Crippen molar-refractivity contribution >= 4 is 27.2 Å². The van der Waals surface area contributed by atoms with Gasteiger partial charge in [-0.15, -0.1) is 0 Å². The van der Waals surface area contributed by atoms with Gasteiger partial charge in [0.1, 0.15) is 5.76 Å². The molecule has 4 rings (SSSR count). The van der Waals surface area contributed by atoms with Gasteiger partial charge in [0.2, 0.25) is 6.79 Å². The molecule has 2 N–H and O–H groups in total. The molecule has 0 bridgehead atoms. The molecule has 9 heteroatoms. The first-order valence-electron chi connectivity index (χ1n) is 7.72. The van der Waals surface area contributed by atoms with Crippen molar-refractivity contribution in [2.75, 3.05) is 16.8 Å². The molecule has 134 valence electrons. The second-order valence-electron chi connectivity index (χ2n) is 5.65. The molecule has 1 aliphatic rings. The number of anilines is 3. The summed E-state index contributed by atoms with van der Waals surface area (Å²) in [4.78, 5) is 0.0991. The fourth-order valence-corrected chi connectivity index (χ4v) is 3.53. The fraction of sp³-hybridized carbons (Fsp3) is 0.118. The Morgan fingerprint density at radius 3 is 2.42 bits per heavy atom. The summed E-state index contributed by atoms with van der Waals surface area (Å²) in [6, 6.07) is 13.0. The molecule has 26 heavy (non-hydrogen) atoms. The Labute approximate surface area is 149 Å². The topological polar surface area (TPSA) is 103 Å². The smallest absolute Gasteiger partial charge is 0.262 e. The monoisotopic (exact) mass is 373 g/mol. The van der Waals surface area contributed by atoms with Gasteiger partial charge in [-0.3, -0.25) is 4.72 Å². The maximum atomic E-state index is 12.5. The molecule has 0 atom stereocenters. The lowest BCUT2D eigenvalue weighted by Gasteiger charge is -2.09. The van der Waals surface area contributed by atoms with Crippen molar-refractivity contribution in [2.45, 2.75) is 11.8 Å². The van der Waals surface area contributed by atoms with E-state index in [1.807, 2.05) is 0 Å². The van der Waals surface area contributed by atoms with Gasteiger partial charge >= 0.3 is 0 Å². The van der Waals surface area contributed by atoms with E-state index in [1.165, 1.54) is 12.1 Å². The van der Waals surface area contributed by atoms with Crippen LogP contribution in [0.1, 0.15) is 5.76 Å². The number of aromatic nitrogens is 1. The Hall–Kier alpha value is -3.20. The number of sulfonamides is 1. The van der Waals surface area contributed by atoms with E-state index < -0.39 is 10.0 Å². The number of fused-ring (bicyclic) bond motifs is 1. The molecule has 3 aromatic rings. The van der Waals surface area contributed by atoms with Crippen LogP contribution in [-0.2, 0) is 10.0 Å². The Balaban J connectivity index is 1.49. The minimum Gasteiger partial charge on any atom is -0.454 e. The minimum absolute atomic E-state index is 0.0891. The maximum Gasteiger partial charge on any atom is 0.262 e. The number of benzene rings is 2. The van der Waals surface area contributed by atoms with Crippen LogP contribution in [0.2, 0.25) is 0 Å². The van der Waals surface area contributed by atoms with Crippen LogP contribution in [0.5, 0.6) is 11.5 Å². The summed E-state index contributed by atoms with van der Waals surface area (Å²) in [6.07, 6.45) is 0. The zero-order valence-corrected chi connectivity index (χ0v) is 14.5. The summed E-state index contributed by atoms with van der Waals surface area (Å²) in [6.45, 7) is 1.89. The van der Waals surface area contributed by atoms with Gasteiger partial charge in [0, 0.05) is 23.5 Å². The first-order chi connectivity index (χ1) is 12.5. The van der Waals surface area contributed by atoms with Crippen LogP contribution >= 0.6 is 0 Å². The van der Waals surface area contributed by atoms with Crippen LogP contribution in [-0.4, -0.2) is 20.4 Å². The highest BCUT2D eigenvalue weighted by Crippen LogP contribution is 2.34. The van der Waals surface area contributed by atoms with E-state index >= 15 is 0 Å². The van der Waals surface area contributed by atoms with Gasteiger partial charge in [-0.25, -0.2) is 8.42 Å². The van der Waals surface area contributed by atoms with Gasteiger partial charge in [-0.1, -0.05) is 5.16 Å². The molecule has 8 nitrogen and oxygen atoms in total. The van der Waals surface area contributed by atoms with Crippen molar-refractivity contribution in [1.29, 1.82) is 0 Å². The van der Waals surface area contributed by atoms with Crippen molar-refractivity contribution in [3.8, 4) is 11.5 Å². The molecule has 0 radical (unpaired) electrons. The van der Waals surface area contributed by atoms with E-state index in [2.05, 4.69) is 15.2 Å². The first kappa shape index (κ1) is 16.3. The predicted molar refractivity (Wildman–Crippen MR) is 94.3 cm³/mol. The van der Waals surface area contributed by atoms with E-state index in [-0.39, 0.29) is 11.7 Å². The third kappa shape index (κ3) is 3.29. The number of nitrogens with one attached hydrogen (secondary N) is 2. The molecule has 0 amide bonds. The lowest BCUT2D eigenvalue weighted by Crippen LogP contribution is -2.12. The second kappa shape index (κ2) is 6.26. The number of nitrogens with zero attached hydrogens (tertiary/aromatic N) is 1. The second-order valence-corrected chi connectivity index (χ2v) is 7.33. The Morgan fingerprint density at radius 2 is 1.69 bits per heavy atom. The van der Waals surface area contributed by atoms with E-state index in [0.717, 1.165) is 5.69 Å². The Kier molecular flexibility index (Phi) is 3.92. The maximum absolute atomic E-state index is 12.5. The summed E-state index contributed by atoms with van der Waals surface area (Å²) in [5.74, 6) is 2.22. The van der Waals surface area contributed by atoms with Crippen molar-refractivity contribution in [3.05, 3.63) is 54.3 Å². The van der Waals surface area contributed by atoms with Crippen molar-refractivity contribution in [2.24, 2.45) is 0 Å². The molecule has 2 aromatic carbocycles. The molecule has 0 unspecified atom stereocenters. The lowest BCUT2D eigenvalue weighted by molar-refractivity contribution is 0.174. The molecular formula is C17H15N3O5S. The van der Waals surface area contributed by atoms with Crippen LogP contribution in [0.25, 0.3) is 0 Å². The summed E-state index contributed by atoms with van der Waals surface area (Å²) in [5.41, 5.74) is 1.19. The van der Waals surface area contributed by atoms with Crippen LogP contribution in [0.3, 0.4) is 0 Å². The molecule has 1 aliphatic heterocycles. The van der Waals surface area contributed by atoms with Crippen molar-refractivity contribution in [3.63, 3.8) is 0 Å². The standard InChI is InChI=1S/C17H15N3O5S/c1-11-8-17(19-25-11)18-12-2-4-13(5-3-12)20-26(21,22)14-6-7-15-16(9-14)24-10-23-15/h2-9,20H,10H2,1H3,(H,18,19). The summed E-state index contributed by atoms with van der Waals surface area (Å²) >= 11 is 0. The van der Waals surface area contributed by atoms with Gasteiger partial charge in [0.05, 0.1) is 4.90 Å².